The lowest BCUT2D eigenvalue weighted by Crippen LogP contribution is -2.17. The molecule has 1 amide bonds. The van der Waals surface area contributed by atoms with Crippen molar-refractivity contribution in [2.75, 3.05) is 6.54 Å². The SMILES string of the molecule is O=C1NCCC1c1cccc(C2CC2)c1. The highest BCUT2D eigenvalue weighted by Crippen LogP contribution is 2.41. The van der Waals surface area contributed by atoms with Crippen molar-refractivity contribution < 1.29 is 4.79 Å². The van der Waals surface area contributed by atoms with Crippen molar-refractivity contribution >= 4 is 5.91 Å². The van der Waals surface area contributed by atoms with Crippen LogP contribution >= 0.6 is 0 Å². The van der Waals surface area contributed by atoms with Crippen molar-refractivity contribution in [2.24, 2.45) is 0 Å². The fraction of sp³-hybridized carbons (Fsp3) is 0.462. The van der Waals surface area contributed by atoms with Gasteiger partial charge in [-0.3, -0.25) is 4.79 Å². The van der Waals surface area contributed by atoms with E-state index < -0.39 is 0 Å². The minimum Gasteiger partial charge on any atom is -0.356 e. The molecule has 1 saturated heterocycles. The summed E-state index contributed by atoms with van der Waals surface area (Å²) >= 11 is 0. The van der Waals surface area contributed by atoms with Crippen LogP contribution in [0.2, 0.25) is 0 Å². The van der Waals surface area contributed by atoms with E-state index in [0.29, 0.717) is 0 Å². The summed E-state index contributed by atoms with van der Waals surface area (Å²) in [6.07, 6.45) is 3.59. The van der Waals surface area contributed by atoms with Crippen molar-refractivity contribution in [3.05, 3.63) is 35.4 Å². The van der Waals surface area contributed by atoms with Crippen LogP contribution in [0.3, 0.4) is 0 Å². The van der Waals surface area contributed by atoms with Crippen molar-refractivity contribution in [1.82, 2.24) is 5.32 Å². The average Bonchev–Trinajstić information content (AvgIpc) is 3.02. The molecule has 1 N–H and O–H groups in total. The third-order valence-corrected chi connectivity index (χ3v) is 3.41. The Morgan fingerprint density at radius 1 is 1.13 bits per heavy atom. The zero-order valence-electron chi connectivity index (χ0n) is 8.70. The van der Waals surface area contributed by atoms with Gasteiger partial charge in [-0.1, -0.05) is 24.3 Å². The van der Waals surface area contributed by atoms with E-state index in [4.69, 9.17) is 0 Å². The molecule has 1 unspecified atom stereocenters. The van der Waals surface area contributed by atoms with E-state index in [2.05, 4.69) is 29.6 Å². The van der Waals surface area contributed by atoms with Gasteiger partial charge >= 0.3 is 0 Å². The minimum atomic E-state index is 0.101. The number of nitrogens with one attached hydrogen (secondary N) is 1. The van der Waals surface area contributed by atoms with E-state index >= 15 is 0 Å². The molecule has 3 rings (SSSR count). The van der Waals surface area contributed by atoms with E-state index in [1.165, 1.54) is 24.0 Å². The van der Waals surface area contributed by atoms with Crippen molar-refractivity contribution in [3.8, 4) is 0 Å². The Morgan fingerprint density at radius 3 is 2.60 bits per heavy atom. The first-order valence-electron chi connectivity index (χ1n) is 5.72. The van der Waals surface area contributed by atoms with Gasteiger partial charge < -0.3 is 5.32 Å². The summed E-state index contributed by atoms with van der Waals surface area (Å²) in [5.41, 5.74) is 2.63. The number of hydrogen-bond donors (Lipinski definition) is 1. The van der Waals surface area contributed by atoms with Crippen LogP contribution in [0.25, 0.3) is 0 Å². The Hall–Kier alpha value is -1.31. The van der Waals surface area contributed by atoms with Gasteiger partial charge in [0.05, 0.1) is 5.92 Å². The lowest BCUT2D eigenvalue weighted by molar-refractivity contribution is -0.120. The monoisotopic (exact) mass is 201 g/mol. The largest absolute Gasteiger partial charge is 0.356 e. The molecule has 2 aliphatic rings. The van der Waals surface area contributed by atoms with Crippen LogP contribution in [-0.4, -0.2) is 12.5 Å². The van der Waals surface area contributed by atoms with Crippen LogP contribution in [-0.2, 0) is 4.79 Å². The Kier molecular flexibility index (Phi) is 2.01. The molecule has 2 heteroatoms. The highest BCUT2D eigenvalue weighted by atomic mass is 16.2. The quantitative estimate of drug-likeness (QED) is 0.780. The predicted molar refractivity (Wildman–Crippen MR) is 58.8 cm³/mol. The maximum atomic E-state index is 11.6. The van der Waals surface area contributed by atoms with E-state index in [0.717, 1.165) is 18.9 Å². The number of carbonyl (C=O) groups excluding carboxylic acids is 1. The van der Waals surface area contributed by atoms with E-state index in [-0.39, 0.29) is 11.8 Å². The first-order chi connectivity index (χ1) is 7.34. The fourth-order valence-electron chi connectivity index (χ4n) is 2.36. The molecule has 15 heavy (non-hydrogen) atoms. The number of hydrogen-bond acceptors (Lipinski definition) is 1. The van der Waals surface area contributed by atoms with Crippen molar-refractivity contribution in [3.63, 3.8) is 0 Å². The molecule has 1 atom stereocenters. The molecule has 1 aromatic rings. The van der Waals surface area contributed by atoms with Crippen LogP contribution in [0.4, 0.5) is 0 Å². The second-order valence-electron chi connectivity index (χ2n) is 4.58. The van der Waals surface area contributed by atoms with E-state index in [1.54, 1.807) is 0 Å². The standard InChI is InChI=1S/C13H15NO/c15-13-12(6-7-14-13)11-3-1-2-10(8-11)9-4-5-9/h1-3,8-9,12H,4-7H2,(H,14,15). The number of benzene rings is 1. The molecule has 0 spiro atoms. The molecular formula is C13H15NO. The maximum absolute atomic E-state index is 11.6. The van der Waals surface area contributed by atoms with Crippen molar-refractivity contribution in [2.45, 2.75) is 31.1 Å². The third kappa shape index (κ3) is 1.65. The Bertz CT molecular complexity index is 395. The number of amides is 1. The molecule has 2 nitrogen and oxygen atoms in total. The average molecular weight is 201 g/mol. The molecule has 1 aliphatic carbocycles. The predicted octanol–water partition coefficient (Wildman–Crippen LogP) is 2.17. The summed E-state index contributed by atoms with van der Waals surface area (Å²) in [6, 6.07) is 8.59. The van der Waals surface area contributed by atoms with Gasteiger partial charge in [0.25, 0.3) is 0 Å². The summed E-state index contributed by atoms with van der Waals surface area (Å²) in [4.78, 5) is 11.6. The molecule has 1 heterocycles. The first kappa shape index (κ1) is 8.96. The molecule has 0 aromatic heterocycles. The van der Waals surface area contributed by atoms with Gasteiger partial charge in [-0.2, -0.15) is 0 Å². The summed E-state index contributed by atoms with van der Waals surface area (Å²) in [5, 5.41) is 2.89. The highest BCUT2D eigenvalue weighted by molar-refractivity contribution is 5.85. The Morgan fingerprint density at radius 2 is 1.93 bits per heavy atom. The Labute approximate surface area is 89.7 Å². The molecule has 0 radical (unpaired) electrons. The van der Waals surface area contributed by atoms with Crippen LogP contribution in [0.5, 0.6) is 0 Å². The molecule has 0 bridgehead atoms. The summed E-state index contributed by atoms with van der Waals surface area (Å²) in [5.74, 6) is 1.07. The number of carbonyl (C=O) groups is 1. The second kappa shape index (κ2) is 3.37. The molecule has 78 valence electrons. The topological polar surface area (TPSA) is 29.1 Å². The van der Waals surface area contributed by atoms with Gasteiger partial charge in [0, 0.05) is 6.54 Å². The van der Waals surface area contributed by atoms with Gasteiger partial charge in [0.1, 0.15) is 0 Å². The van der Waals surface area contributed by atoms with Crippen LogP contribution in [0, 0.1) is 0 Å². The molecule has 1 aromatic carbocycles. The minimum absolute atomic E-state index is 0.101. The van der Waals surface area contributed by atoms with Crippen LogP contribution in [0.1, 0.15) is 42.2 Å². The summed E-state index contributed by atoms with van der Waals surface area (Å²) in [7, 11) is 0. The molecular weight excluding hydrogens is 186 g/mol. The fourth-order valence-corrected chi connectivity index (χ4v) is 2.36. The van der Waals surface area contributed by atoms with Crippen LogP contribution in [0.15, 0.2) is 24.3 Å². The van der Waals surface area contributed by atoms with Gasteiger partial charge in [-0.15, -0.1) is 0 Å². The highest BCUT2D eigenvalue weighted by Gasteiger charge is 2.28. The zero-order chi connectivity index (χ0) is 10.3. The van der Waals surface area contributed by atoms with Crippen LogP contribution < -0.4 is 5.32 Å². The van der Waals surface area contributed by atoms with Gasteiger partial charge in [-0.25, -0.2) is 0 Å². The van der Waals surface area contributed by atoms with Crippen molar-refractivity contribution in [1.29, 1.82) is 0 Å². The lowest BCUT2D eigenvalue weighted by atomic mass is 9.95. The third-order valence-electron chi connectivity index (χ3n) is 3.41. The van der Waals surface area contributed by atoms with Gasteiger partial charge in [0.15, 0.2) is 0 Å². The molecule has 1 aliphatic heterocycles. The van der Waals surface area contributed by atoms with E-state index in [9.17, 15) is 4.79 Å². The zero-order valence-corrected chi connectivity index (χ0v) is 8.70. The maximum Gasteiger partial charge on any atom is 0.227 e. The normalized spacial score (nSPS) is 25.3. The summed E-state index contributed by atoms with van der Waals surface area (Å²) in [6.45, 7) is 0.831. The smallest absolute Gasteiger partial charge is 0.227 e. The van der Waals surface area contributed by atoms with Gasteiger partial charge in [0.2, 0.25) is 5.91 Å². The Balaban J connectivity index is 1.90. The van der Waals surface area contributed by atoms with E-state index in [1.807, 2.05) is 0 Å². The second-order valence-corrected chi connectivity index (χ2v) is 4.58. The van der Waals surface area contributed by atoms with Gasteiger partial charge in [-0.05, 0) is 36.3 Å². The first-order valence-corrected chi connectivity index (χ1v) is 5.72. The number of rotatable bonds is 2. The summed E-state index contributed by atoms with van der Waals surface area (Å²) < 4.78 is 0. The molecule has 1 saturated carbocycles. The molecule has 2 fully saturated rings. The lowest BCUT2D eigenvalue weighted by Gasteiger charge is -2.08.